The topological polar surface area (TPSA) is 0 Å². The molecule has 0 spiro atoms. The van der Waals surface area contributed by atoms with Crippen LogP contribution in [0.25, 0.3) is 0 Å². The van der Waals surface area contributed by atoms with E-state index >= 15 is 0 Å². The van der Waals surface area contributed by atoms with Crippen LogP contribution in [-0.4, -0.2) is 0 Å². The van der Waals surface area contributed by atoms with Gasteiger partial charge in [0.2, 0.25) is 0 Å². The van der Waals surface area contributed by atoms with Crippen molar-refractivity contribution in [2.45, 2.75) is 39.0 Å². The lowest BCUT2D eigenvalue weighted by Gasteiger charge is -2.29. The minimum Gasteiger partial charge on any atom is -0.0622 e. The summed E-state index contributed by atoms with van der Waals surface area (Å²) < 4.78 is 0. The first kappa shape index (κ1) is 6.51. The summed E-state index contributed by atoms with van der Waals surface area (Å²) in [5.41, 5.74) is 0. The first-order valence-electron chi connectivity index (χ1n) is 5.36. The fraction of sp³-hybridized carbons (Fsp3) is 1.00. The third kappa shape index (κ3) is 0.711. The number of fused-ring (bicyclic) bond motifs is 5. The van der Waals surface area contributed by atoms with Gasteiger partial charge in [0, 0.05) is 0 Å². The molecule has 0 aromatic rings. The van der Waals surface area contributed by atoms with Crippen LogP contribution >= 0.6 is 0 Å². The van der Waals surface area contributed by atoms with Crippen LogP contribution in [0.5, 0.6) is 0 Å². The van der Waals surface area contributed by atoms with E-state index < -0.39 is 0 Å². The van der Waals surface area contributed by atoms with Gasteiger partial charge in [0.05, 0.1) is 0 Å². The molecule has 0 aromatic carbocycles. The summed E-state index contributed by atoms with van der Waals surface area (Å²) in [6.45, 7) is 2.49. The highest BCUT2D eigenvalue weighted by Crippen LogP contribution is 2.60. The van der Waals surface area contributed by atoms with Crippen LogP contribution in [0.2, 0.25) is 0 Å². The number of hydrogen-bond acceptors (Lipinski definition) is 0. The molecule has 4 unspecified atom stereocenters. The predicted octanol–water partition coefficient (Wildman–Crippen LogP) is 3.08. The average Bonchev–Trinajstić information content (AvgIpc) is 2.52. The largest absolute Gasteiger partial charge is 0.0622 e. The van der Waals surface area contributed by atoms with Gasteiger partial charge >= 0.3 is 0 Å². The van der Waals surface area contributed by atoms with Crippen LogP contribution in [0.1, 0.15) is 39.0 Å². The Kier molecular flexibility index (Phi) is 1.20. The van der Waals surface area contributed by atoms with Crippen molar-refractivity contribution in [1.29, 1.82) is 0 Å². The Morgan fingerprint density at radius 3 is 2.64 bits per heavy atom. The molecule has 3 saturated carbocycles. The lowest BCUT2D eigenvalue weighted by Crippen LogP contribution is -2.22. The maximum Gasteiger partial charge on any atom is -0.0352 e. The van der Waals surface area contributed by atoms with Crippen LogP contribution in [0.4, 0.5) is 0 Å². The molecule has 0 saturated heterocycles. The van der Waals surface area contributed by atoms with Crippen LogP contribution in [-0.2, 0) is 0 Å². The second-order valence-corrected chi connectivity index (χ2v) is 5.13. The molecule has 3 aliphatic rings. The molecule has 0 N–H and O–H groups in total. The summed E-state index contributed by atoms with van der Waals surface area (Å²) in [7, 11) is 0. The summed E-state index contributed by atoms with van der Waals surface area (Å²) >= 11 is 0. The first-order valence-corrected chi connectivity index (χ1v) is 5.36. The highest BCUT2D eigenvalue weighted by molar-refractivity contribution is 5.01. The fourth-order valence-corrected chi connectivity index (χ4v) is 4.41. The summed E-state index contributed by atoms with van der Waals surface area (Å²) in [5, 5.41) is 0. The number of hydrogen-bond donors (Lipinski definition) is 0. The van der Waals surface area contributed by atoms with E-state index in [9.17, 15) is 0 Å². The molecular weight excluding hydrogens is 132 g/mol. The molecule has 0 nitrogen and oxygen atoms in total. The van der Waals surface area contributed by atoms with Crippen molar-refractivity contribution in [2.75, 3.05) is 0 Å². The molecule has 0 heterocycles. The molecule has 3 fully saturated rings. The third-order valence-electron chi connectivity index (χ3n) is 4.76. The summed E-state index contributed by atoms with van der Waals surface area (Å²) in [6.07, 6.45) is 7.89. The average molecular weight is 150 g/mol. The van der Waals surface area contributed by atoms with Crippen molar-refractivity contribution >= 4 is 0 Å². The van der Waals surface area contributed by atoms with Crippen LogP contribution in [0, 0.1) is 29.6 Å². The number of rotatable bonds is 0. The Morgan fingerprint density at radius 1 is 0.909 bits per heavy atom. The summed E-state index contributed by atoms with van der Waals surface area (Å²) in [5.74, 6) is 5.79. The van der Waals surface area contributed by atoms with Gasteiger partial charge in [-0.3, -0.25) is 0 Å². The second-order valence-electron chi connectivity index (χ2n) is 5.13. The van der Waals surface area contributed by atoms with E-state index in [4.69, 9.17) is 0 Å². The van der Waals surface area contributed by atoms with Crippen molar-refractivity contribution in [3.8, 4) is 0 Å². The Morgan fingerprint density at radius 2 is 1.73 bits per heavy atom. The zero-order chi connectivity index (χ0) is 7.42. The van der Waals surface area contributed by atoms with Gasteiger partial charge in [-0.1, -0.05) is 13.3 Å². The molecule has 0 radical (unpaired) electrons. The van der Waals surface area contributed by atoms with E-state index in [1.165, 1.54) is 17.8 Å². The molecule has 11 heavy (non-hydrogen) atoms. The van der Waals surface area contributed by atoms with Gasteiger partial charge in [0.1, 0.15) is 0 Å². The van der Waals surface area contributed by atoms with Crippen molar-refractivity contribution in [3.63, 3.8) is 0 Å². The van der Waals surface area contributed by atoms with Gasteiger partial charge < -0.3 is 0 Å². The van der Waals surface area contributed by atoms with E-state index in [1.54, 1.807) is 32.1 Å². The highest BCUT2D eigenvalue weighted by atomic mass is 14.6. The normalized spacial score (nSPS) is 60.3. The summed E-state index contributed by atoms with van der Waals surface area (Å²) in [4.78, 5) is 0. The van der Waals surface area contributed by atoms with E-state index in [0.29, 0.717) is 0 Å². The SMILES string of the molecule is C[C@@H]1CC2CC1C1CCCC21. The van der Waals surface area contributed by atoms with Gasteiger partial charge in [-0.15, -0.1) is 0 Å². The van der Waals surface area contributed by atoms with Crippen LogP contribution in [0.15, 0.2) is 0 Å². The third-order valence-corrected chi connectivity index (χ3v) is 4.76. The molecule has 5 atom stereocenters. The maximum absolute atomic E-state index is 2.49. The maximum atomic E-state index is 2.49. The fourth-order valence-electron chi connectivity index (χ4n) is 4.41. The molecular formula is C11H18. The minimum absolute atomic E-state index is 1.08. The standard InChI is InChI=1S/C11H18/c1-7-5-8-6-11(7)10-4-2-3-9(8)10/h7-11H,2-6H2,1H3/t7-,8?,9?,10?,11?/m1/s1. The van der Waals surface area contributed by atoms with Crippen molar-refractivity contribution in [1.82, 2.24) is 0 Å². The zero-order valence-electron chi connectivity index (χ0n) is 7.42. The van der Waals surface area contributed by atoms with Gasteiger partial charge in [-0.2, -0.15) is 0 Å². The van der Waals surface area contributed by atoms with Crippen LogP contribution in [0.3, 0.4) is 0 Å². The zero-order valence-corrected chi connectivity index (χ0v) is 7.42. The predicted molar refractivity (Wildman–Crippen MR) is 46.2 cm³/mol. The Bertz CT molecular complexity index is 173. The lowest BCUT2D eigenvalue weighted by molar-refractivity contribution is 0.201. The van der Waals surface area contributed by atoms with Gasteiger partial charge in [-0.25, -0.2) is 0 Å². The molecule has 3 rings (SSSR count). The Labute approximate surface area is 69.4 Å². The smallest absolute Gasteiger partial charge is 0.0352 e. The molecule has 2 bridgehead atoms. The van der Waals surface area contributed by atoms with E-state index in [2.05, 4.69) is 6.92 Å². The van der Waals surface area contributed by atoms with Crippen molar-refractivity contribution in [3.05, 3.63) is 0 Å². The van der Waals surface area contributed by atoms with Crippen molar-refractivity contribution < 1.29 is 0 Å². The van der Waals surface area contributed by atoms with Gasteiger partial charge in [0.25, 0.3) is 0 Å². The molecule has 3 aliphatic carbocycles. The molecule has 0 heteroatoms. The first-order chi connectivity index (χ1) is 5.36. The van der Waals surface area contributed by atoms with E-state index in [0.717, 1.165) is 11.8 Å². The Hall–Kier alpha value is 0. The molecule has 62 valence electrons. The van der Waals surface area contributed by atoms with Gasteiger partial charge in [0.15, 0.2) is 0 Å². The van der Waals surface area contributed by atoms with E-state index in [-0.39, 0.29) is 0 Å². The quantitative estimate of drug-likeness (QED) is 0.498. The van der Waals surface area contributed by atoms with Crippen LogP contribution < -0.4 is 0 Å². The second kappa shape index (κ2) is 2.02. The lowest BCUT2D eigenvalue weighted by atomic mass is 9.77. The summed E-state index contributed by atoms with van der Waals surface area (Å²) in [6, 6.07) is 0. The van der Waals surface area contributed by atoms with Crippen molar-refractivity contribution in [2.24, 2.45) is 29.6 Å². The molecule has 0 amide bonds. The molecule has 0 aliphatic heterocycles. The van der Waals surface area contributed by atoms with Gasteiger partial charge in [-0.05, 0) is 55.3 Å². The minimum atomic E-state index is 1.08. The monoisotopic (exact) mass is 150 g/mol. The Balaban J connectivity index is 1.90. The highest BCUT2D eigenvalue weighted by Gasteiger charge is 2.52. The van der Waals surface area contributed by atoms with E-state index in [1.807, 2.05) is 0 Å². The molecule has 0 aromatic heterocycles.